The molecule has 1 aromatic heterocycles. The van der Waals surface area contributed by atoms with Crippen LogP contribution in [0.1, 0.15) is 24.4 Å². The number of nitrogens with two attached hydrogens (primary N) is 1. The molecule has 3 heterocycles. The number of anilines is 1. The molecule has 2 aliphatic heterocycles. The van der Waals surface area contributed by atoms with Crippen LogP contribution < -0.4 is 16.4 Å². The summed E-state index contributed by atoms with van der Waals surface area (Å²) in [4.78, 5) is 15.1. The third kappa shape index (κ3) is 3.86. The molecular weight excluding hydrogens is 417 g/mol. The van der Waals surface area contributed by atoms with E-state index >= 15 is 0 Å². The number of guanidine groups is 1. The van der Waals surface area contributed by atoms with Gasteiger partial charge >= 0.3 is 5.70 Å². The van der Waals surface area contributed by atoms with Crippen LogP contribution in [-0.4, -0.2) is 33.9 Å². The van der Waals surface area contributed by atoms with Gasteiger partial charge in [0.2, 0.25) is 11.6 Å². The highest BCUT2D eigenvalue weighted by Crippen LogP contribution is 2.32. The van der Waals surface area contributed by atoms with E-state index in [9.17, 15) is 14.5 Å². The molecule has 0 amide bonds. The van der Waals surface area contributed by atoms with Gasteiger partial charge < -0.3 is 15.4 Å². The molecule has 1 fully saturated rings. The lowest BCUT2D eigenvalue weighted by Crippen LogP contribution is -2.47. The third-order valence-electron chi connectivity index (χ3n) is 5.01. The normalized spacial score (nSPS) is 22.1. The molecule has 0 radical (unpaired) electrons. The smallest absolute Gasteiger partial charge is 0.308 e. The highest BCUT2D eigenvalue weighted by molar-refractivity contribution is 6.30. The van der Waals surface area contributed by atoms with Crippen molar-refractivity contribution >= 4 is 23.2 Å². The number of aliphatic imine (C=N–C) groups is 1. The Morgan fingerprint density at radius 3 is 2.90 bits per heavy atom. The van der Waals surface area contributed by atoms with Gasteiger partial charge in [0.15, 0.2) is 0 Å². The topological polar surface area (TPSA) is 133 Å². The van der Waals surface area contributed by atoms with E-state index in [-0.39, 0.29) is 22.6 Å². The Bertz CT molecular complexity index is 1030. The average Bonchev–Trinajstić information content (AvgIpc) is 3.19. The summed E-state index contributed by atoms with van der Waals surface area (Å²) in [6.45, 7) is 1.37. The molecular formula is C18H19ClFN7O3. The van der Waals surface area contributed by atoms with Crippen LogP contribution in [0, 0.1) is 15.9 Å². The standard InChI is InChI=1S/C18H19ClFN7O3/c19-14-2-1-11(7-15(14)20)18(21)16(27(28)29)9-22-17(25-18)24-12-8-23-26(10-12)13-3-5-30-6-4-13/h1-2,7-10,13H,3-6,21H2,(H2,22,24,25). The summed E-state index contributed by atoms with van der Waals surface area (Å²) in [6, 6.07) is 3.96. The molecule has 1 atom stereocenters. The van der Waals surface area contributed by atoms with Crippen LogP contribution in [0.2, 0.25) is 5.02 Å². The molecule has 30 heavy (non-hydrogen) atoms. The summed E-state index contributed by atoms with van der Waals surface area (Å²) in [5.41, 5.74) is 4.64. The monoisotopic (exact) mass is 435 g/mol. The molecule has 2 aliphatic rings. The molecule has 0 aliphatic carbocycles. The van der Waals surface area contributed by atoms with Gasteiger partial charge in [-0.1, -0.05) is 17.7 Å². The zero-order chi connectivity index (χ0) is 21.3. The molecule has 0 spiro atoms. The molecule has 10 nitrogen and oxygen atoms in total. The molecule has 0 saturated carbocycles. The van der Waals surface area contributed by atoms with Gasteiger partial charge in [0.25, 0.3) is 0 Å². The summed E-state index contributed by atoms with van der Waals surface area (Å²) in [5, 5.41) is 21.5. The van der Waals surface area contributed by atoms with Crippen molar-refractivity contribution in [3.8, 4) is 0 Å². The lowest BCUT2D eigenvalue weighted by Gasteiger charge is -2.27. The van der Waals surface area contributed by atoms with Crippen LogP contribution >= 0.6 is 11.6 Å². The summed E-state index contributed by atoms with van der Waals surface area (Å²) < 4.78 is 21.2. The molecule has 12 heteroatoms. The number of hydrogen-bond donors (Lipinski definition) is 3. The highest BCUT2D eigenvalue weighted by atomic mass is 35.5. The van der Waals surface area contributed by atoms with E-state index in [0.717, 1.165) is 25.1 Å². The van der Waals surface area contributed by atoms with Crippen molar-refractivity contribution in [2.75, 3.05) is 18.5 Å². The second kappa shape index (κ2) is 8.01. The number of nitrogens with zero attached hydrogens (tertiary/aromatic N) is 4. The number of nitro groups is 1. The second-order valence-corrected chi connectivity index (χ2v) is 7.37. The van der Waals surface area contributed by atoms with E-state index in [0.29, 0.717) is 18.9 Å². The molecule has 4 N–H and O–H groups in total. The van der Waals surface area contributed by atoms with Gasteiger partial charge in [-0.05, 0) is 25.0 Å². The Hall–Kier alpha value is -3.02. The fourth-order valence-corrected chi connectivity index (χ4v) is 3.52. The van der Waals surface area contributed by atoms with Crippen molar-refractivity contribution < 1.29 is 14.1 Å². The third-order valence-corrected chi connectivity index (χ3v) is 5.32. The number of hydrogen-bond acceptors (Lipinski definition) is 8. The molecule has 158 valence electrons. The van der Waals surface area contributed by atoms with Crippen LogP contribution in [-0.2, 0) is 10.4 Å². The van der Waals surface area contributed by atoms with Gasteiger partial charge in [-0.15, -0.1) is 0 Å². The molecule has 1 unspecified atom stereocenters. The van der Waals surface area contributed by atoms with Crippen LogP contribution in [0.25, 0.3) is 0 Å². The van der Waals surface area contributed by atoms with Crippen molar-refractivity contribution in [1.82, 2.24) is 15.1 Å². The molecule has 0 bridgehead atoms. The SMILES string of the molecule is NC1(c2ccc(Cl)c(F)c2)N=C(Nc2cnn(C3CCOCC3)c2)NC=C1[N+](=O)[O-]. The van der Waals surface area contributed by atoms with Gasteiger partial charge in [0.05, 0.1) is 34.1 Å². The number of rotatable bonds is 4. The van der Waals surface area contributed by atoms with E-state index in [1.165, 1.54) is 12.1 Å². The maximum absolute atomic E-state index is 14.0. The first-order valence-corrected chi connectivity index (χ1v) is 9.59. The summed E-state index contributed by atoms with van der Waals surface area (Å²) >= 11 is 5.72. The highest BCUT2D eigenvalue weighted by Gasteiger charge is 2.44. The second-order valence-electron chi connectivity index (χ2n) is 6.96. The van der Waals surface area contributed by atoms with Crippen molar-refractivity contribution in [3.63, 3.8) is 0 Å². The Morgan fingerprint density at radius 2 is 2.20 bits per heavy atom. The molecule has 2 aromatic rings. The number of aromatic nitrogens is 2. The van der Waals surface area contributed by atoms with E-state index in [1.807, 2.05) is 10.9 Å². The van der Waals surface area contributed by atoms with Crippen molar-refractivity contribution in [2.45, 2.75) is 24.5 Å². The molecule has 1 aromatic carbocycles. The van der Waals surface area contributed by atoms with Crippen molar-refractivity contribution in [1.29, 1.82) is 0 Å². The Morgan fingerprint density at radius 1 is 1.43 bits per heavy atom. The van der Waals surface area contributed by atoms with Gasteiger partial charge in [0.1, 0.15) is 5.82 Å². The average molecular weight is 436 g/mol. The van der Waals surface area contributed by atoms with Crippen LogP contribution in [0.3, 0.4) is 0 Å². The van der Waals surface area contributed by atoms with E-state index in [4.69, 9.17) is 22.1 Å². The van der Waals surface area contributed by atoms with Gasteiger partial charge in [0, 0.05) is 25.0 Å². The summed E-state index contributed by atoms with van der Waals surface area (Å²) in [7, 11) is 0. The van der Waals surface area contributed by atoms with Gasteiger partial charge in [-0.2, -0.15) is 5.10 Å². The first-order valence-electron chi connectivity index (χ1n) is 9.21. The van der Waals surface area contributed by atoms with Crippen LogP contribution in [0.5, 0.6) is 0 Å². The Labute approximate surface area is 175 Å². The zero-order valence-electron chi connectivity index (χ0n) is 15.7. The largest absolute Gasteiger partial charge is 0.381 e. The van der Waals surface area contributed by atoms with Crippen molar-refractivity contribution in [3.05, 3.63) is 69.0 Å². The number of halogens is 2. The Balaban J connectivity index is 1.61. The van der Waals surface area contributed by atoms with Crippen LogP contribution in [0.4, 0.5) is 10.1 Å². The van der Waals surface area contributed by atoms with E-state index < -0.39 is 22.1 Å². The maximum atomic E-state index is 14.0. The first kappa shape index (κ1) is 20.3. The number of nitrogens with one attached hydrogen (secondary N) is 2. The van der Waals surface area contributed by atoms with E-state index in [2.05, 4.69) is 20.7 Å². The minimum Gasteiger partial charge on any atom is -0.381 e. The Kier molecular flexibility index (Phi) is 5.41. The van der Waals surface area contributed by atoms with Crippen molar-refractivity contribution in [2.24, 2.45) is 10.7 Å². The van der Waals surface area contributed by atoms with Crippen LogP contribution in [0.15, 0.2) is 47.5 Å². The zero-order valence-corrected chi connectivity index (χ0v) is 16.5. The maximum Gasteiger partial charge on any atom is 0.308 e. The van der Waals surface area contributed by atoms with Gasteiger partial charge in [-0.25, -0.2) is 9.38 Å². The predicted molar refractivity (Wildman–Crippen MR) is 108 cm³/mol. The fourth-order valence-electron chi connectivity index (χ4n) is 3.40. The quantitative estimate of drug-likeness (QED) is 0.495. The predicted octanol–water partition coefficient (Wildman–Crippen LogP) is 2.33. The van der Waals surface area contributed by atoms with E-state index in [1.54, 1.807) is 6.20 Å². The summed E-state index contributed by atoms with van der Waals surface area (Å²) in [5.74, 6) is -0.590. The number of ether oxygens (including phenoxy) is 1. The number of benzene rings is 1. The minimum atomic E-state index is -1.92. The lowest BCUT2D eigenvalue weighted by atomic mass is 9.97. The fraction of sp³-hybridized carbons (Fsp3) is 0.333. The molecule has 1 saturated heterocycles. The summed E-state index contributed by atoms with van der Waals surface area (Å²) in [6.07, 6.45) is 6.29. The molecule has 4 rings (SSSR count). The minimum absolute atomic E-state index is 0.0889. The lowest BCUT2D eigenvalue weighted by molar-refractivity contribution is -0.436. The van der Waals surface area contributed by atoms with Gasteiger partial charge in [-0.3, -0.25) is 20.5 Å². The first-order chi connectivity index (χ1) is 14.4.